The first-order chi connectivity index (χ1) is 9.76. The maximum Gasteiger partial charge on any atom is 0.310 e. The molecule has 1 saturated heterocycles. The summed E-state index contributed by atoms with van der Waals surface area (Å²) < 4.78 is 23.7. The first-order valence-electron chi connectivity index (χ1n) is 7.06. The van der Waals surface area contributed by atoms with Gasteiger partial charge in [0.2, 0.25) is 5.91 Å². The van der Waals surface area contributed by atoms with Crippen molar-refractivity contribution < 1.29 is 23.1 Å². The average Bonchev–Trinajstić information content (AvgIpc) is 2.87. The highest BCUT2D eigenvalue weighted by Crippen LogP contribution is 2.42. The van der Waals surface area contributed by atoms with Crippen LogP contribution in [0.1, 0.15) is 32.1 Å². The maximum absolute atomic E-state index is 12.5. The van der Waals surface area contributed by atoms with E-state index in [-0.39, 0.29) is 12.3 Å². The molecule has 0 spiro atoms. The number of rotatable bonds is 4. The molecule has 0 radical (unpaired) electrons. The summed E-state index contributed by atoms with van der Waals surface area (Å²) in [6.07, 6.45) is 3.67. The van der Waals surface area contributed by atoms with E-state index in [9.17, 15) is 23.1 Å². The molecule has 6 nitrogen and oxygen atoms in total. The van der Waals surface area contributed by atoms with Crippen molar-refractivity contribution in [3.8, 4) is 0 Å². The molecule has 1 amide bonds. The van der Waals surface area contributed by atoms with Gasteiger partial charge in [-0.1, -0.05) is 12.8 Å². The molecule has 1 aliphatic carbocycles. The molecule has 1 atom stereocenters. The number of carboxylic acids is 1. The van der Waals surface area contributed by atoms with Crippen LogP contribution in [0, 0.1) is 5.41 Å². The molecule has 0 aromatic rings. The highest BCUT2D eigenvalue weighted by molar-refractivity contribution is 8.00. The van der Waals surface area contributed by atoms with Gasteiger partial charge in [-0.25, -0.2) is 8.42 Å². The molecule has 8 heteroatoms. The Balaban J connectivity index is 2.16. The van der Waals surface area contributed by atoms with Crippen molar-refractivity contribution in [2.75, 3.05) is 24.3 Å². The zero-order valence-corrected chi connectivity index (χ0v) is 13.7. The third kappa shape index (κ3) is 3.53. The van der Waals surface area contributed by atoms with Gasteiger partial charge in [0.1, 0.15) is 5.37 Å². The number of hydrogen-bond donors (Lipinski definition) is 1. The zero-order chi connectivity index (χ0) is 15.7. The summed E-state index contributed by atoms with van der Waals surface area (Å²) in [6.45, 7) is 0.372. The molecule has 21 heavy (non-hydrogen) atoms. The van der Waals surface area contributed by atoms with Gasteiger partial charge in [-0.2, -0.15) is 11.8 Å². The lowest BCUT2D eigenvalue weighted by Crippen LogP contribution is -2.51. The Morgan fingerprint density at radius 3 is 2.48 bits per heavy atom. The van der Waals surface area contributed by atoms with Crippen molar-refractivity contribution in [3.63, 3.8) is 0 Å². The third-order valence-corrected chi connectivity index (χ3v) is 7.05. The number of thioether (sulfide) groups is 1. The largest absolute Gasteiger partial charge is 0.481 e. The molecule has 1 saturated carbocycles. The number of hydrogen-bond acceptors (Lipinski definition) is 5. The second-order valence-electron chi connectivity index (χ2n) is 5.92. The molecule has 2 rings (SSSR count). The molecule has 1 aliphatic heterocycles. The van der Waals surface area contributed by atoms with E-state index in [1.54, 1.807) is 0 Å². The van der Waals surface area contributed by atoms with Gasteiger partial charge >= 0.3 is 5.97 Å². The van der Waals surface area contributed by atoms with E-state index in [2.05, 4.69) is 0 Å². The summed E-state index contributed by atoms with van der Waals surface area (Å²) in [4.78, 5) is 25.4. The third-order valence-electron chi connectivity index (χ3n) is 4.40. The van der Waals surface area contributed by atoms with Crippen molar-refractivity contribution in [1.29, 1.82) is 0 Å². The van der Waals surface area contributed by atoms with E-state index < -0.39 is 26.6 Å². The summed E-state index contributed by atoms with van der Waals surface area (Å²) in [7, 11) is -3.36. The molecule has 2 aliphatic rings. The Morgan fingerprint density at radius 1 is 1.33 bits per heavy atom. The molecule has 0 aromatic heterocycles. The van der Waals surface area contributed by atoms with Gasteiger partial charge in [0.05, 0.1) is 5.41 Å². The molecule has 0 aromatic carbocycles. The van der Waals surface area contributed by atoms with Crippen LogP contribution in [0.25, 0.3) is 0 Å². The second-order valence-corrected chi connectivity index (χ2v) is 9.27. The number of carbonyl (C=O) groups excluding carboxylic acids is 1. The number of nitrogens with zero attached hydrogens (tertiary/aromatic N) is 1. The van der Waals surface area contributed by atoms with Crippen molar-refractivity contribution in [2.24, 2.45) is 5.41 Å². The number of aliphatic carboxylic acids is 1. The maximum atomic E-state index is 12.5. The molecular formula is C13H21NO5S2. The molecule has 2 fully saturated rings. The van der Waals surface area contributed by atoms with Crippen LogP contribution >= 0.6 is 11.8 Å². The van der Waals surface area contributed by atoms with Crippen LogP contribution in [0.3, 0.4) is 0 Å². The number of carboxylic acid groups (broad SMARTS) is 1. The number of carbonyl (C=O) groups is 2. The summed E-state index contributed by atoms with van der Waals surface area (Å²) in [6, 6.07) is 0. The fourth-order valence-corrected chi connectivity index (χ4v) is 5.97. The lowest BCUT2D eigenvalue weighted by atomic mass is 9.82. The predicted molar refractivity (Wildman–Crippen MR) is 80.8 cm³/mol. The summed E-state index contributed by atoms with van der Waals surface area (Å²) in [5.41, 5.74) is -0.996. The summed E-state index contributed by atoms with van der Waals surface area (Å²) in [5, 5.41) is 8.62. The topological polar surface area (TPSA) is 91.8 Å². The van der Waals surface area contributed by atoms with Crippen molar-refractivity contribution in [2.45, 2.75) is 37.5 Å². The monoisotopic (exact) mass is 335 g/mol. The van der Waals surface area contributed by atoms with E-state index in [1.165, 1.54) is 16.7 Å². The van der Waals surface area contributed by atoms with Crippen LogP contribution in [0.2, 0.25) is 0 Å². The fourth-order valence-electron chi connectivity index (χ4n) is 3.13. The van der Waals surface area contributed by atoms with E-state index >= 15 is 0 Å². The Labute approximate surface area is 129 Å². The minimum atomic E-state index is -3.36. The van der Waals surface area contributed by atoms with Crippen LogP contribution in [-0.2, 0) is 19.4 Å². The first kappa shape index (κ1) is 16.6. The molecule has 120 valence electrons. The minimum Gasteiger partial charge on any atom is -0.481 e. The van der Waals surface area contributed by atoms with Gasteiger partial charge < -0.3 is 10.0 Å². The minimum absolute atomic E-state index is 0.0843. The van der Waals surface area contributed by atoms with Gasteiger partial charge in [0, 0.05) is 30.7 Å². The highest BCUT2D eigenvalue weighted by Gasteiger charge is 2.45. The molecule has 1 N–H and O–H groups in total. The Kier molecular flexibility index (Phi) is 4.87. The van der Waals surface area contributed by atoms with Gasteiger partial charge in [-0.3, -0.25) is 9.59 Å². The van der Waals surface area contributed by atoms with E-state index in [4.69, 9.17) is 0 Å². The SMILES string of the molecule is CS(=O)(=O)C1CSCCN1C(=O)CC1(C(=O)O)CCCC1. The first-order valence-corrected chi connectivity index (χ1v) is 10.2. The normalized spacial score (nSPS) is 25.8. The standard InChI is InChI=1S/C13H21NO5S2/c1-21(18,19)11-9-20-7-6-14(11)10(15)8-13(12(16)17)4-2-3-5-13/h11H,2-9H2,1H3,(H,16,17). The molecule has 1 heterocycles. The molecule has 1 unspecified atom stereocenters. The van der Waals surface area contributed by atoms with Gasteiger partial charge in [0.15, 0.2) is 9.84 Å². The zero-order valence-electron chi connectivity index (χ0n) is 12.1. The number of sulfone groups is 1. The van der Waals surface area contributed by atoms with Crippen molar-refractivity contribution in [1.82, 2.24) is 4.90 Å². The van der Waals surface area contributed by atoms with Crippen LogP contribution in [0.5, 0.6) is 0 Å². The number of amides is 1. The Morgan fingerprint density at radius 2 is 1.95 bits per heavy atom. The quantitative estimate of drug-likeness (QED) is 0.823. The van der Waals surface area contributed by atoms with E-state index in [1.807, 2.05) is 0 Å². The van der Waals surface area contributed by atoms with E-state index in [0.717, 1.165) is 19.1 Å². The summed E-state index contributed by atoms with van der Waals surface area (Å²) >= 11 is 1.51. The molecular weight excluding hydrogens is 314 g/mol. The lowest BCUT2D eigenvalue weighted by Gasteiger charge is -2.36. The Hall–Kier alpha value is -0.760. The van der Waals surface area contributed by atoms with Gasteiger partial charge in [-0.05, 0) is 12.8 Å². The predicted octanol–water partition coefficient (Wildman–Crippen LogP) is 0.968. The second kappa shape index (κ2) is 6.16. The smallest absolute Gasteiger partial charge is 0.310 e. The van der Waals surface area contributed by atoms with Crippen molar-refractivity contribution in [3.05, 3.63) is 0 Å². The molecule has 0 bridgehead atoms. The fraction of sp³-hybridized carbons (Fsp3) is 0.846. The highest BCUT2D eigenvalue weighted by atomic mass is 32.2. The van der Waals surface area contributed by atoms with Crippen LogP contribution in [-0.4, -0.2) is 60.0 Å². The lowest BCUT2D eigenvalue weighted by molar-refractivity contribution is -0.153. The van der Waals surface area contributed by atoms with Crippen LogP contribution < -0.4 is 0 Å². The van der Waals surface area contributed by atoms with E-state index in [0.29, 0.717) is 30.9 Å². The summed E-state index contributed by atoms with van der Waals surface area (Å²) in [5.74, 6) is -0.215. The van der Waals surface area contributed by atoms with Crippen molar-refractivity contribution >= 4 is 33.5 Å². The van der Waals surface area contributed by atoms with Gasteiger partial charge in [0.25, 0.3) is 0 Å². The van der Waals surface area contributed by atoms with Crippen LogP contribution in [0.15, 0.2) is 0 Å². The Bertz CT molecular complexity index is 525. The van der Waals surface area contributed by atoms with Gasteiger partial charge in [-0.15, -0.1) is 0 Å². The van der Waals surface area contributed by atoms with Crippen LogP contribution in [0.4, 0.5) is 0 Å². The average molecular weight is 335 g/mol.